The van der Waals surface area contributed by atoms with Gasteiger partial charge in [0.25, 0.3) is 0 Å². The Morgan fingerprint density at radius 1 is 1.38 bits per heavy atom. The first-order valence-corrected chi connectivity index (χ1v) is 5.94. The average Bonchev–Trinajstić information content (AvgIpc) is 2.74. The van der Waals surface area contributed by atoms with Gasteiger partial charge >= 0.3 is 0 Å². The highest BCUT2D eigenvalue weighted by molar-refractivity contribution is 5.26. The molecule has 1 saturated heterocycles. The quantitative estimate of drug-likeness (QED) is 0.773. The summed E-state index contributed by atoms with van der Waals surface area (Å²) in [4.78, 5) is 2.38. The molecule has 1 heterocycles. The molecule has 16 heavy (non-hydrogen) atoms. The predicted octanol–water partition coefficient (Wildman–Crippen LogP) is 2.56. The normalized spacial score (nSPS) is 20.9. The average molecular weight is 214 g/mol. The molecule has 0 radical (unpaired) electrons. The Morgan fingerprint density at radius 2 is 2.12 bits per heavy atom. The molecule has 0 bridgehead atoms. The zero-order valence-electron chi connectivity index (χ0n) is 9.82. The number of hydrogen-bond donors (Lipinski definition) is 0. The van der Waals surface area contributed by atoms with E-state index in [1.807, 2.05) is 0 Å². The van der Waals surface area contributed by atoms with Crippen molar-refractivity contribution in [2.75, 3.05) is 20.1 Å². The molecular formula is C14H18N2. The first-order chi connectivity index (χ1) is 7.79. The second-order valence-electron chi connectivity index (χ2n) is 4.65. The third kappa shape index (κ3) is 2.62. The molecule has 0 aliphatic carbocycles. The first-order valence-electron chi connectivity index (χ1n) is 5.94. The van der Waals surface area contributed by atoms with Gasteiger partial charge in [0.2, 0.25) is 0 Å². The lowest BCUT2D eigenvalue weighted by atomic mass is 9.96. The van der Waals surface area contributed by atoms with Crippen LogP contribution in [-0.2, 0) is 6.42 Å². The van der Waals surface area contributed by atoms with Crippen LogP contribution in [0.25, 0.3) is 0 Å². The van der Waals surface area contributed by atoms with Gasteiger partial charge in [0.05, 0.1) is 6.07 Å². The van der Waals surface area contributed by atoms with Gasteiger partial charge in [-0.3, -0.25) is 0 Å². The Labute approximate surface area is 97.5 Å². The Morgan fingerprint density at radius 3 is 2.69 bits per heavy atom. The summed E-state index contributed by atoms with van der Waals surface area (Å²) in [5, 5.41) is 8.53. The van der Waals surface area contributed by atoms with E-state index in [-0.39, 0.29) is 0 Å². The van der Waals surface area contributed by atoms with Crippen molar-refractivity contribution in [3.8, 4) is 6.07 Å². The van der Waals surface area contributed by atoms with Gasteiger partial charge in [-0.05, 0) is 43.5 Å². The molecule has 0 aromatic heterocycles. The Kier molecular flexibility index (Phi) is 3.58. The summed E-state index contributed by atoms with van der Waals surface area (Å²) in [5.41, 5.74) is 2.72. The van der Waals surface area contributed by atoms with Crippen molar-refractivity contribution in [2.24, 2.45) is 0 Å². The van der Waals surface area contributed by atoms with Crippen LogP contribution in [-0.4, -0.2) is 25.0 Å². The molecule has 1 aliphatic heterocycles. The lowest BCUT2D eigenvalue weighted by Gasteiger charge is -2.11. The molecule has 1 fully saturated rings. The summed E-state index contributed by atoms with van der Waals surface area (Å²) in [5.74, 6) is 0.704. The lowest BCUT2D eigenvalue weighted by Crippen LogP contribution is -2.13. The van der Waals surface area contributed by atoms with E-state index in [9.17, 15) is 0 Å². The fourth-order valence-electron chi connectivity index (χ4n) is 2.36. The molecular weight excluding hydrogens is 196 g/mol. The minimum Gasteiger partial charge on any atom is -0.306 e. The minimum absolute atomic E-state index is 0.617. The summed E-state index contributed by atoms with van der Waals surface area (Å²) in [6, 6.07) is 11.0. The van der Waals surface area contributed by atoms with Crippen LogP contribution in [0.1, 0.15) is 29.9 Å². The smallest absolute Gasteiger partial charge is 0.0625 e. The minimum atomic E-state index is 0.617. The Hall–Kier alpha value is -1.33. The molecule has 2 rings (SSSR count). The lowest BCUT2D eigenvalue weighted by molar-refractivity contribution is 0.411. The van der Waals surface area contributed by atoms with E-state index in [0.29, 0.717) is 12.3 Å². The van der Waals surface area contributed by atoms with Gasteiger partial charge in [-0.2, -0.15) is 5.26 Å². The van der Waals surface area contributed by atoms with Gasteiger partial charge in [0.1, 0.15) is 0 Å². The Bertz CT molecular complexity index is 375. The van der Waals surface area contributed by atoms with Crippen molar-refractivity contribution < 1.29 is 0 Å². The molecule has 0 N–H and O–H groups in total. The van der Waals surface area contributed by atoms with E-state index in [0.717, 1.165) is 6.42 Å². The summed E-state index contributed by atoms with van der Waals surface area (Å²) in [6.07, 6.45) is 2.76. The van der Waals surface area contributed by atoms with Crippen LogP contribution in [0.2, 0.25) is 0 Å². The van der Waals surface area contributed by atoms with Crippen LogP contribution in [0.4, 0.5) is 0 Å². The fourth-order valence-corrected chi connectivity index (χ4v) is 2.36. The van der Waals surface area contributed by atoms with Crippen LogP contribution >= 0.6 is 0 Å². The number of nitriles is 1. The van der Waals surface area contributed by atoms with Crippen LogP contribution in [0.15, 0.2) is 24.3 Å². The summed E-state index contributed by atoms with van der Waals surface area (Å²) in [6.45, 7) is 2.39. The van der Waals surface area contributed by atoms with E-state index in [2.05, 4.69) is 42.3 Å². The first kappa shape index (κ1) is 11.2. The molecule has 0 amide bonds. The third-order valence-electron chi connectivity index (χ3n) is 3.37. The van der Waals surface area contributed by atoms with Crippen molar-refractivity contribution in [1.29, 1.82) is 5.26 Å². The van der Waals surface area contributed by atoms with E-state index >= 15 is 0 Å². The van der Waals surface area contributed by atoms with Gasteiger partial charge in [-0.25, -0.2) is 0 Å². The molecule has 1 aliphatic rings. The highest BCUT2D eigenvalue weighted by atomic mass is 15.1. The van der Waals surface area contributed by atoms with Crippen LogP contribution in [0.3, 0.4) is 0 Å². The van der Waals surface area contributed by atoms with E-state index in [1.54, 1.807) is 0 Å². The largest absolute Gasteiger partial charge is 0.306 e. The zero-order chi connectivity index (χ0) is 11.4. The molecule has 1 atom stereocenters. The summed E-state index contributed by atoms with van der Waals surface area (Å²) in [7, 11) is 2.18. The molecule has 1 aromatic carbocycles. The van der Waals surface area contributed by atoms with Crippen molar-refractivity contribution >= 4 is 0 Å². The van der Waals surface area contributed by atoms with Crippen LogP contribution < -0.4 is 0 Å². The number of likely N-dealkylation sites (N-methyl/N-ethyl adjacent to an activating group) is 1. The highest BCUT2D eigenvalue weighted by Gasteiger charge is 2.20. The number of rotatable bonds is 3. The van der Waals surface area contributed by atoms with Crippen molar-refractivity contribution in [1.82, 2.24) is 4.90 Å². The third-order valence-corrected chi connectivity index (χ3v) is 3.37. The maximum Gasteiger partial charge on any atom is 0.0625 e. The fraction of sp³-hybridized carbons (Fsp3) is 0.500. The number of benzene rings is 1. The number of aryl methyl sites for hydroxylation is 1. The standard InChI is InChI=1S/C14H18N2/c1-16-10-8-14(11-16)13-6-4-12(5-7-13)3-2-9-15/h4-7,14H,2-3,8,10-11H2,1H3. The Balaban J connectivity index is 1.99. The van der Waals surface area contributed by atoms with Crippen molar-refractivity contribution in [3.63, 3.8) is 0 Å². The van der Waals surface area contributed by atoms with Crippen molar-refractivity contribution in [3.05, 3.63) is 35.4 Å². The van der Waals surface area contributed by atoms with E-state index in [1.165, 1.54) is 30.6 Å². The number of hydrogen-bond acceptors (Lipinski definition) is 2. The van der Waals surface area contributed by atoms with E-state index in [4.69, 9.17) is 5.26 Å². The zero-order valence-corrected chi connectivity index (χ0v) is 9.82. The SMILES string of the molecule is CN1CCC(c2ccc(CCC#N)cc2)C1. The van der Waals surface area contributed by atoms with Crippen molar-refractivity contribution in [2.45, 2.75) is 25.2 Å². The number of likely N-dealkylation sites (tertiary alicyclic amines) is 1. The van der Waals surface area contributed by atoms with Gasteiger partial charge in [-0.15, -0.1) is 0 Å². The molecule has 0 spiro atoms. The topological polar surface area (TPSA) is 27.0 Å². The predicted molar refractivity (Wildman–Crippen MR) is 65.2 cm³/mol. The molecule has 1 aromatic rings. The highest BCUT2D eigenvalue weighted by Crippen LogP contribution is 2.26. The summed E-state index contributed by atoms with van der Waals surface area (Å²) < 4.78 is 0. The second-order valence-corrected chi connectivity index (χ2v) is 4.65. The summed E-state index contributed by atoms with van der Waals surface area (Å²) >= 11 is 0. The maximum atomic E-state index is 8.53. The van der Waals surface area contributed by atoms with Gasteiger partial charge in [0, 0.05) is 13.0 Å². The maximum absolute atomic E-state index is 8.53. The molecule has 1 unspecified atom stereocenters. The molecule has 0 saturated carbocycles. The van der Waals surface area contributed by atoms with Crippen LogP contribution in [0.5, 0.6) is 0 Å². The molecule has 2 nitrogen and oxygen atoms in total. The molecule has 2 heteroatoms. The number of nitrogens with zero attached hydrogens (tertiary/aromatic N) is 2. The monoisotopic (exact) mass is 214 g/mol. The van der Waals surface area contributed by atoms with Gasteiger partial charge in [0.15, 0.2) is 0 Å². The second kappa shape index (κ2) is 5.14. The van der Waals surface area contributed by atoms with E-state index < -0.39 is 0 Å². The molecule has 84 valence electrons. The van der Waals surface area contributed by atoms with Crippen LogP contribution in [0, 0.1) is 11.3 Å². The van der Waals surface area contributed by atoms with Gasteiger partial charge < -0.3 is 4.90 Å². The van der Waals surface area contributed by atoms with Gasteiger partial charge in [-0.1, -0.05) is 24.3 Å².